The molecule has 0 saturated heterocycles. The van der Waals surface area contributed by atoms with Crippen LogP contribution < -0.4 is 5.69 Å². The van der Waals surface area contributed by atoms with E-state index in [1.807, 2.05) is 7.05 Å². The van der Waals surface area contributed by atoms with Crippen LogP contribution in [-0.4, -0.2) is 19.7 Å². The van der Waals surface area contributed by atoms with Gasteiger partial charge in [-0.05, 0) is 6.42 Å². The third-order valence-corrected chi connectivity index (χ3v) is 2.19. The van der Waals surface area contributed by atoms with Crippen LogP contribution in [0.5, 0.6) is 0 Å². The van der Waals surface area contributed by atoms with E-state index in [4.69, 9.17) is 0 Å². The van der Waals surface area contributed by atoms with E-state index in [0.717, 1.165) is 29.6 Å². The topological polar surface area (TPSA) is 63.6 Å². The molecule has 0 saturated carbocycles. The highest BCUT2D eigenvalue weighted by Crippen LogP contribution is 2.13. The fraction of sp³-hybridized carbons (Fsp3) is 0.444. The van der Waals surface area contributed by atoms with Gasteiger partial charge in [0, 0.05) is 7.05 Å². The summed E-state index contributed by atoms with van der Waals surface area (Å²) in [5.74, 6) is 0. The van der Waals surface area contributed by atoms with Crippen molar-refractivity contribution in [2.45, 2.75) is 19.8 Å². The molecule has 74 valence electrons. The van der Waals surface area contributed by atoms with E-state index in [1.54, 1.807) is 10.9 Å². The molecule has 2 aromatic rings. The Balaban J connectivity index is 2.72. The first-order chi connectivity index (χ1) is 6.72. The number of aryl methyl sites for hydroxylation is 2. The van der Waals surface area contributed by atoms with Gasteiger partial charge in [0.25, 0.3) is 0 Å². The van der Waals surface area contributed by atoms with Gasteiger partial charge < -0.3 is 4.98 Å². The average Bonchev–Trinajstić information content (AvgIpc) is 2.44. The van der Waals surface area contributed by atoms with Gasteiger partial charge in [0.2, 0.25) is 0 Å². The first kappa shape index (κ1) is 8.93. The quantitative estimate of drug-likeness (QED) is 0.758. The number of nitrogens with one attached hydrogen (secondary N) is 1. The summed E-state index contributed by atoms with van der Waals surface area (Å²) in [6, 6.07) is 0. The lowest BCUT2D eigenvalue weighted by Gasteiger charge is -1.91. The van der Waals surface area contributed by atoms with Gasteiger partial charge in [-0.15, -0.1) is 0 Å². The van der Waals surface area contributed by atoms with Crippen LogP contribution in [0.1, 0.15) is 19.0 Å². The van der Waals surface area contributed by atoms with Gasteiger partial charge in [-0.1, -0.05) is 13.3 Å². The SMILES string of the molecule is CCCc1nn(C)c2cnc(=O)[nH]c12. The first-order valence-corrected chi connectivity index (χ1v) is 4.63. The fourth-order valence-corrected chi connectivity index (χ4v) is 1.55. The second-order valence-electron chi connectivity index (χ2n) is 3.27. The predicted molar refractivity (Wildman–Crippen MR) is 53.1 cm³/mol. The number of rotatable bonds is 2. The minimum atomic E-state index is -0.317. The zero-order valence-electron chi connectivity index (χ0n) is 8.24. The lowest BCUT2D eigenvalue weighted by Crippen LogP contribution is -2.09. The Morgan fingerprint density at radius 3 is 3.07 bits per heavy atom. The second kappa shape index (κ2) is 3.25. The molecule has 0 aliphatic heterocycles. The van der Waals surface area contributed by atoms with E-state index in [0.29, 0.717) is 0 Å². The second-order valence-corrected chi connectivity index (χ2v) is 3.27. The van der Waals surface area contributed by atoms with Crippen LogP contribution >= 0.6 is 0 Å². The van der Waals surface area contributed by atoms with Crippen molar-refractivity contribution >= 4 is 11.0 Å². The van der Waals surface area contributed by atoms with Crippen molar-refractivity contribution in [3.8, 4) is 0 Å². The van der Waals surface area contributed by atoms with Crippen molar-refractivity contribution in [2.24, 2.45) is 7.05 Å². The van der Waals surface area contributed by atoms with Gasteiger partial charge in [0.1, 0.15) is 5.52 Å². The van der Waals surface area contributed by atoms with Crippen molar-refractivity contribution < 1.29 is 0 Å². The first-order valence-electron chi connectivity index (χ1n) is 4.63. The Morgan fingerprint density at radius 1 is 1.57 bits per heavy atom. The van der Waals surface area contributed by atoms with Crippen LogP contribution in [0.4, 0.5) is 0 Å². The Labute approximate surface area is 80.8 Å². The molecule has 0 amide bonds. The lowest BCUT2D eigenvalue weighted by molar-refractivity contribution is 0.752. The van der Waals surface area contributed by atoms with Crippen molar-refractivity contribution in [3.05, 3.63) is 22.4 Å². The zero-order chi connectivity index (χ0) is 10.1. The highest BCUT2D eigenvalue weighted by Gasteiger charge is 2.08. The third kappa shape index (κ3) is 1.30. The molecule has 0 radical (unpaired) electrons. The molecule has 0 aliphatic carbocycles. The molecule has 0 unspecified atom stereocenters. The molecule has 5 nitrogen and oxygen atoms in total. The van der Waals surface area contributed by atoms with Crippen molar-refractivity contribution in [1.29, 1.82) is 0 Å². The molecular formula is C9H12N4O. The number of hydrogen-bond acceptors (Lipinski definition) is 3. The summed E-state index contributed by atoms with van der Waals surface area (Å²) in [6.07, 6.45) is 3.44. The Morgan fingerprint density at radius 2 is 2.36 bits per heavy atom. The number of aromatic amines is 1. The van der Waals surface area contributed by atoms with Gasteiger partial charge in [-0.2, -0.15) is 10.1 Å². The van der Waals surface area contributed by atoms with E-state index in [-0.39, 0.29) is 5.69 Å². The standard InChI is InChI=1S/C9H12N4O/c1-3-4-6-8-7(13(2)12-6)5-10-9(14)11-8/h5H,3-4H2,1-2H3,(H,10,11,14). The van der Waals surface area contributed by atoms with Gasteiger partial charge in [0.15, 0.2) is 0 Å². The molecule has 2 rings (SSSR count). The normalized spacial score (nSPS) is 11.0. The van der Waals surface area contributed by atoms with Gasteiger partial charge >= 0.3 is 5.69 Å². The summed E-state index contributed by atoms with van der Waals surface area (Å²) >= 11 is 0. The molecule has 0 spiro atoms. The highest BCUT2D eigenvalue weighted by atomic mass is 16.1. The Hall–Kier alpha value is -1.65. The highest BCUT2D eigenvalue weighted by molar-refractivity contribution is 5.76. The number of H-pyrrole nitrogens is 1. The summed E-state index contributed by atoms with van der Waals surface area (Å²) in [5, 5.41) is 4.33. The van der Waals surface area contributed by atoms with E-state index in [9.17, 15) is 4.79 Å². The molecule has 14 heavy (non-hydrogen) atoms. The summed E-state index contributed by atoms with van der Waals surface area (Å²) in [7, 11) is 1.85. The zero-order valence-corrected chi connectivity index (χ0v) is 8.24. The molecule has 5 heteroatoms. The molecule has 0 aromatic carbocycles. The van der Waals surface area contributed by atoms with Crippen molar-refractivity contribution in [2.75, 3.05) is 0 Å². The molecule has 0 bridgehead atoms. The Bertz CT molecular complexity index is 511. The number of nitrogens with zero attached hydrogens (tertiary/aromatic N) is 3. The van der Waals surface area contributed by atoms with Crippen molar-refractivity contribution in [1.82, 2.24) is 19.7 Å². The van der Waals surface area contributed by atoms with Crippen molar-refractivity contribution in [3.63, 3.8) is 0 Å². The van der Waals surface area contributed by atoms with Gasteiger partial charge in [0.05, 0.1) is 17.4 Å². The van der Waals surface area contributed by atoms with E-state index < -0.39 is 0 Å². The fourth-order valence-electron chi connectivity index (χ4n) is 1.55. The van der Waals surface area contributed by atoms with E-state index in [2.05, 4.69) is 22.0 Å². The average molecular weight is 192 g/mol. The molecule has 2 aromatic heterocycles. The van der Waals surface area contributed by atoms with Crippen LogP contribution in [0.3, 0.4) is 0 Å². The van der Waals surface area contributed by atoms with Gasteiger partial charge in [-0.3, -0.25) is 4.68 Å². The van der Waals surface area contributed by atoms with Crippen LogP contribution in [0.25, 0.3) is 11.0 Å². The maximum atomic E-state index is 11.0. The Kier molecular flexibility index (Phi) is 2.07. The lowest BCUT2D eigenvalue weighted by atomic mass is 10.2. The minimum absolute atomic E-state index is 0.317. The number of fused-ring (bicyclic) bond motifs is 1. The van der Waals surface area contributed by atoms with E-state index in [1.165, 1.54) is 0 Å². The maximum Gasteiger partial charge on any atom is 0.345 e. The summed E-state index contributed by atoms with van der Waals surface area (Å²) in [5.41, 5.74) is 2.30. The number of hydrogen-bond donors (Lipinski definition) is 1. The van der Waals surface area contributed by atoms with Gasteiger partial charge in [-0.25, -0.2) is 4.79 Å². The molecule has 2 heterocycles. The molecule has 1 N–H and O–H groups in total. The van der Waals surface area contributed by atoms with Crippen LogP contribution in [-0.2, 0) is 13.5 Å². The minimum Gasteiger partial charge on any atom is -0.302 e. The van der Waals surface area contributed by atoms with Crippen LogP contribution in [0, 0.1) is 0 Å². The molecular weight excluding hydrogens is 180 g/mol. The number of aromatic nitrogens is 4. The smallest absolute Gasteiger partial charge is 0.302 e. The molecule has 0 atom stereocenters. The third-order valence-electron chi connectivity index (χ3n) is 2.19. The summed E-state index contributed by atoms with van der Waals surface area (Å²) in [6.45, 7) is 2.08. The molecule has 0 aliphatic rings. The predicted octanol–water partition coefficient (Wildman–Crippen LogP) is 0.609. The summed E-state index contributed by atoms with van der Waals surface area (Å²) in [4.78, 5) is 17.4. The van der Waals surface area contributed by atoms with Crippen LogP contribution in [0.2, 0.25) is 0 Å². The monoisotopic (exact) mass is 192 g/mol. The maximum absolute atomic E-state index is 11.0. The summed E-state index contributed by atoms with van der Waals surface area (Å²) < 4.78 is 1.74. The largest absolute Gasteiger partial charge is 0.345 e. The van der Waals surface area contributed by atoms with E-state index >= 15 is 0 Å². The van der Waals surface area contributed by atoms with Crippen LogP contribution in [0.15, 0.2) is 11.0 Å². The molecule has 0 fully saturated rings.